The molecule has 0 fully saturated rings. The number of fused-ring (bicyclic) bond motifs is 1. The molecule has 0 saturated carbocycles. The Morgan fingerprint density at radius 1 is 1.52 bits per heavy atom. The summed E-state index contributed by atoms with van der Waals surface area (Å²) in [6, 6.07) is 6.87. The fourth-order valence-electron chi connectivity index (χ4n) is 2.77. The van der Waals surface area contributed by atoms with Gasteiger partial charge in [-0.15, -0.1) is 5.10 Å². The van der Waals surface area contributed by atoms with Gasteiger partial charge >= 0.3 is 0 Å². The topological polar surface area (TPSA) is 87.7 Å². The number of aromatic nitrogens is 2. The van der Waals surface area contributed by atoms with Crippen LogP contribution in [0.1, 0.15) is 36.1 Å². The van der Waals surface area contributed by atoms with Crippen molar-refractivity contribution in [3.05, 3.63) is 56.8 Å². The monoisotopic (exact) mass is 376 g/mol. The van der Waals surface area contributed by atoms with Crippen molar-refractivity contribution in [3.8, 4) is 11.9 Å². The van der Waals surface area contributed by atoms with Crippen LogP contribution in [0.25, 0.3) is 0 Å². The Morgan fingerprint density at radius 3 is 2.96 bits per heavy atom. The number of rotatable bonds is 3. The lowest BCUT2D eigenvalue weighted by molar-refractivity contribution is 0.378. The second-order valence-corrected chi connectivity index (χ2v) is 6.12. The number of nitrogens with two attached hydrogens (primary N) is 1. The van der Waals surface area contributed by atoms with Crippen LogP contribution in [-0.2, 0) is 6.42 Å². The number of H-pyrrole nitrogens is 1. The molecule has 3 N–H and O–H groups in total. The van der Waals surface area contributed by atoms with E-state index in [9.17, 15) is 9.65 Å². The first-order valence-corrected chi connectivity index (χ1v) is 7.95. The number of nitrogens with zero attached hydrogens (tertiary/aromatic N) is 2. The highest BCUT2D eigenvalue weighted by atomic mass is 79.9. The molecule has 118 valence electrons. The third-order valence-corrected chi connectivity index (χ3v) is 4.44. The second-order valence-electron chi connectivity index (χ2n) is 5.27. The van der Waals surface area contributed by atoms with Gasteiger partial charge in [0, 0.05) is 11.3 Å². The van der Waals surface area contributed by atoms with E-state index < -0.39 is 11.7 Å². The number of halogens is 2. The maximum Gasteiger partial charge on any atom is 0.244 e. The smallest absolute Gasteiger partial charge is 0.244 e. The number of ether oxygens (including phenoxy) is 1. The van der Waals surface area contributed by atoms with E-state index in [0.717, 1.165) is 24.1 Å². The van der Waals surface area contributed by atoms with E-state index in [2.05, 4.69) is 32.2 Å². The largest absolute Gasteiger partial charge is 0.420 e. The minimum atomic E-state index is -0.494. The van der Waals surface area contributed by atoms with Gasteiger partial charge in [0.2, 0.25) is 11.8 Å². The molecule has 0 aliphatic carbocycles. The van der Waals surface area contributed by atoms with Gasteiger partial charge in [0.15, 0.2) is 0 Å². The van der Waals surface area contributed by atoms with E-state index in [1.54, 1.807) is 12.1 Å². The summed E-state index contributed by atoms with van der Waals surface area (Å²) in [5.41, 5.74) is 8.38. The molecule has 1 aromatic heterocycles. The van der Waals surface area contributed by atoms with Gasteiger partial charge in [0.05, 0.1) is 10.4 Å². The number of allylic oxidation sites excluding steroid dienone is 1. The van der Waals surface area contributed by atoms with Crippen molar-refractivity contribution in [2.24, 2.45) is 5.73 Å². The molecule has 1 aromatic carbocycles. The van der Waals surface area contributed by atoms with E-state index in [-0.39, 0.29) is 11.5 Å². The van der Waals surface area contributed by atoms with Crippen LogP contribution in [0.15, 0.2) is 34.1 Å². The molecular weight excluding hydrogens is 363 g/mol. The van der Waals surface area contributed by atoms with Gasteiger partial charge in [0.25, 0.3) is 0 Å². The van der Waals surface area contributed by atoms with Crippen molar-refractivity contribution in [3.63, 3.8) is 0 Å². The summed E-state index contributed by atoms with van der Waals surface area (Å²) in [6.07, 6.45) is 1.65. The Hall–Kier alpha value is -2.33. The molecule has 23 heavy (non-hydrogen) atoms. The molecule has 1 aliphatic rings. The molecule has 0 saturated heterocycles. The third-order valence-electron chi connectivity index (χ3n) is 3.79. The van der Waals surface area contributed by atoms with Gasteiger partial charge in [-0.2, -0.15) is 5.26 Å². The average molecular weight is 377 g/mol. The van der Waals surface area contributed by atoms with Gasteiger partial charge < -0.3 is 10.5 Å². The zero-order valence-electron chi connectivity index (χ0n) is 12.4. The van der Waals surface area contributed by atoms with Crippen molar-refractivity contribution >= 4 is 15.9 Å². The summed E-state index contributed by atoms with van der Waals surface area (Å²) in [4.78, 5) is 0. The van der Waals surface area contributed by atoms with Crippen molar-refractivity contribution in [1.82, 2.24) is 10.2 Å². The van der Waals surface area contributed by atoms with Crippen molar-refractivity contribution < 1.29 is 9.13 Å². The fraction of sp³-hybridized carbons (Fsp3) is 0.250. The average Bonchev–Trinajstić information content (AvgIpc) is 2.91. The SMILES string of the molecule is CCCc1[nH]nc2c1C(c1ccc(Br)c(F)c1)C(C#N)=C(N)O2. The van der Waals surface area contributed by atoms with Crippen LogP contribution in [0.3, 0.4) is 0 Å². The molecule has 0 spiro atoms. The molecule has 1 atom stereocenters. The van der Waals surface area contributed by atoms with Crippen LogP contribution < -0.4 is 10.5 Å². The molecule has 5 nitrogen and oxygen atoms in total. The molecule has 3 rings (SSSR count). The van der Waals surface area contributed by atoms with Crippen molar-refractivity contribution in [1.29, 1.82) is 5.26 Å². The highest BCUT2D eigenvalue weighted by Crippen LogP contribution is 2.43. The highest BCUT2D eigenvalue weighted by molar-refractivity contribution is 9.10. The zero-order valence-corrected chi connectivity index (χ0v) is 13.9. The lowest BCUT2D eigenvalue weighted by Crippen LogP contribution is -2.21. The fourth-order valence-corrected chi connectivity index (χ4v) is 3.02. The van der Waals surface area contributed by atoms with Crippen LogP contribution in [0.4, 0.5) is 4.39 Å². The summed E-state index contributed by atoms with van der Waals surface area (Å²) in [5, 5.41) is 16.6. The van der Waals surface area contributed by atoms with Crippen LogP contribution in [0.5, 0.6) is 5.88 Å². The molecular formula is C16H14BrFN4O. The summed E-state index contributed by atoms with van der Waals surface area (Å²) < 4.78 is 19.8. The number of aryl methyl sites for hydroxylation is 1. The summed E-state index contributed by atoms with van der Waals surface area (Å²) >= 11 is 3.14. The minimum absolute atomic E-state index is 0.00266. The minimum Gasteiger partial charge on any atom is -0.420 e. The van der Waals surface area contributed by atoms with Gasteiger partial charge in [-0.05, 0) is 40.0 Å². The molecule has 0 amide bonds. The lowest BCUT2D eigenvalue weighted by atomic mass is 9.83. The quantitative estimate of drug-likeness (QED) is 0.857. The number of nitriles is 1. The summed E-state index contributed by atoms with van der Waals surface area (Å²) in [7, 11) is 0. The zero-order chi connectivity index (χ0) is 16.6. The summed E-state index contributed by atoms with van der Waals surface area (Å²) in [5.74, 6) is -0.542. The number of hydrogen-bond donors (Lipinski definition) is 2. The van der Waals surface area contributed by atoms with E-state index in [0.29, 0.717) is 15.9 Å². The van der Waals surface area contributed by atoms with E-state index >= 15 is 0 Å². The van der Waals surface area contributed by atoms with Crippen molar-refractivity contribution in [2.75, 3.05) is 0 Å². The second kappa shape index (κ2) is 6.05. The number of nitrogens with one attached hydrogen (secondary N) is 1. The van der Waals surface area contributed by atoms with Crippen LogP contribution in [0.2, 0.25) is 0 Å². The number of aromatic amines is 1. The van der Waals surface area contributed by atoms with E-state index in [1.807, 2.05) is 6.92 Å². The van der Waals surface area contributed by atoms with Crippen molar-refractivity contribution in [2.45, 2.75) is 25.7 Å². The molecule has 1 unspecified atom stereocenters. The predicted octanol–water partition coefficient (Wildman–Crippen LogP) is 3.48. The number of benzene rings is 1. The van der Waals surface area contributed by atoms with E-state index in [4.69, 9.17) is 10.5 Å². The molecule has 2 heterocycles. The first kappa shape index (κ1) is 15.6. The van der Waals surface area contributed by atoms with Gasteiger partial charge in [-0.25, -0.2) is 4.39 Å². The first-order chi connectivity index (χ1) is 11.1. The first-order valence-electron chi connectivity index (χ1n) is 7.16. The summed E-state index contributed by atoms with van der Waals surface area (Å²) in [6.45, 7) is 2.04. The van der Waals surface area contributed by atoms with Gasteiger partial charge in [-0.3, -0.25) is 5.10 Å². The van der Waals surface area contributed by atoms with Crippen LogP contribution in [-0.4, -0.2) is 10.2 Å². The van der Waals surface area contributed by atoms with E-state index in [1.165, 1.54) is 6.07 Å². The predicted molar refractivity (Wildman–Crippen MR) is 86.0 cm³/mol. The van der Waals surface area contributed by atoms with Gasteiger partial charge in [-0.1, -0.05) is 19.4 Å². The Balaban J connectivity index is 2.21. The standard InChI is InChI=1S/C16H14BrFN4O/c1-2-3-12-14-13(8-4-5-10(17)11(18)6-8)9(7-19)15(20)23-16(14)22-21-12/h4-6,13H,2-3,20H2,1H3,(H,21,22). The van der Waals surface area contributed by atoms with Crippen LogP contribution in [0, 0.1) is 17.1 Å². The van der Waals surface area contributed by atoms with Crippen LogP contribution >= 0.6 is 15.9 Å². The Bertz CT molecular complexity index is 837. The molecule has 1 aliphatic heterocycles. The highest BCUT2D eigenvalue weighted by Gasteiger charge is 2.35. The Labute approximate surface area is 141 Å². The lowest BCUT2D eigenvalue weighted by Gasteiger charge is -2.24. The Morgan fingerprint density at radius 2 is 2.30 bits per heavy atom. The molecule has 0 bridgehead atoms. The third kappa shape index (κ3) is 2.59. The Kier molecular flexibility index (Phi) is 4.09. The van der Waals surface area contributed by atoms with Gasteiger partial charge in [0.1, 0.15) is 17.5 Å². The molecule has 2 aromatic rings. The molecule has 7 heteroatoms. The maximum atomic E-state index is 14.0. The number of hydrogen-bond acceptors (Lipinski definition) is 4. The normalized spacial score (nSPS) is 16.7. The molecule has 0 radical (unpaired) electrons. The maximum absolute atomic E-state index is 14.0.